The minimum absolute atomic E-state index is 0.0123. The van der Waals surface area contributed by atoms with Crippen LogP contribution in [0.3, 0.4) is 0 Å². The molecule has 1 fully saturated rings. The molecule has 0 saturated carbocycles. The van der Waals surface area contributed by atoms with Gasteiger partial charge in [-0.15, -0.1) is 0 Å². The Kier molecular flexibility index (Phi) is 4.15. The second kappa shape index (κ2) is 5.38. The molecule has 5 nitrogen and oxygen atoms in total. The second-order valence-corrected chi connectivity index (χ2v) is 3.29. The van der Waals surface area contributed by atoms with E-state index in [2.05, 4.69) is 10.1 Å². The van der Waals surface area contributed by atoms with Gasteiger partial charge in [-0.1, -0.05) is 6.92 Å². The van der Waals surface area contributed by atoms with Crippen molar-refractivity contribution in [1.82, 2.24) is 10.2 Å². The number of piperazine rings is 1. The summed E-state index contributed by atoms with van der Waals surface area (Å²) in [6.45, 7) is 3.27. The van der Waals surface area contributed by atoms with E-state index in [1.165, 1.54) is 13.2 Å². The van der Waals surface area contributed by atoms with Crippen LogP contribution in [0.4, 0.5) is 0 Å². The van der Waals surface area contributed by atoms with Gasteiger partial charge in [0.1, 0.15) is 6.04 Å². The number of carbonyl (C=O) groups excluding carboxylic acids is 2. The molecule has 15 heavy (non-hydrogen) atoms. The molecule has 0 spiro atoms. The number of hydrogen-bond acceptors (Lipinski definition) is 4. The maximum Gasteiger partial charge on any atom is 0.331 e. The lowest BCUT2D eigenvalue weighted by Crippen LogP contribution is -2.52. The van der Waals surface area contributed by atoms with E-state index in [0.29, 0.717) is 6.54 Å². The Morgan fingerprint density at radius 1 is 1.73 bits per heavy atom. The standard InChI is InChI=1S/C10H16N2O3/c1-3-8-10(14)11-5-7-12(8)6-4-9(13)15-2/h4,6,8H,3,5,7H2,1-2H3,(H,11,14). The van der Waals surface area contributed by atoms with Crippen LogP contribution < -0.4 is 5.32 Å². The van der Waals surface area contributed by atoms with Crippen LogP contribution in [0, 0.1) is 0 Å². The van der Waals surface area contributed by atoms with Gasteiger partial charge in [0.05, 0.1) is 7.11 Å². The summed E-state index contributed by atoms with van der Waals surface area (Å²) >= 11 is 0. The van der Waals surface area contributed by atoms with E-state index in [0.717, 1.165) is 13.0 Å². The molecule has 0 aromatic heterocycles. The zero-order chi connectivity index (χ0) is 11.3. The molecule has 0 bridgehead atoms. The smallest absolute Gasteiger partial charge is 0.331 e. The van der Waals surface area contributed by atoms with Crippen LogP contribution in [0.1, 0.15) is 13.3 Å². The molecule has 5 heteroatoms. The highest BCUT2D eigenvalue weighted by Gasteiger charge is 2.25. The normalized spacial score (nSPS) is 21.6. The quantitative estimate of drug-likeness (QED) is 0.523. The van der Waals surface area contributed by atoms with Crippen molar-refractivity contribution in [2.24, 2.45) is 0 Å². The van der Waals surface area contributed by atoms with E-state index < -0.39 is 5.97 Å². The van der Waals surface area contributed by atoms with Crippen LogP contribution in [-0.2, 0) is 14.3 Å². The van der Waals surface area contributed by atoms with Gasteiger partial charge in [-0.05, 0) is 6.42 Å². The lowest BCUT2D eigenvalue weighted by atomic mass is 10.1. The van der Waals surface area contributed by atoms with Gasteiger partial charge in [0.25, 0.3) is 0 Å². The Labute approximate surface area is 89.1 Å². The molecule has 0 aromatic carbocycles. The lowest BCUT2D eigenvalue weighted by molar-refractivity contribution is -0.135. The Morgan fingerprint density at radius 2 is 2.47 bits per heavy atom. The largest absolute Gasteiger partial charge is 0.466 e. The van der Waals surface area contributed by atoms with Crippen LogP contribution in [0.2, 0.25) is 0 Å². The van der Waals surface area contributed by atoms with E-state index in [4.69, 9.17) is 0 Å². The van der Waals surface area contributed by atoms with Crippen LogP contribution in [0.25, 0.3) is 0 Å². The SMILES string of the molecule is CCC1C(=O)NCCN1C=CC(=O)OC. The highest BCUT2D eigenvalue weighted by Crippen LogP contribution is 2.08. The van der Waals surface area contributed by atoms with Crippen molar-refractivity contribution in [3.05, 3.63) is 12.3 Å². The van der Waals surface area contributed by atoms with E-state index in [-0.39, 0.29) is 11.9 Å². The zero-order valence-electron chi connectivity index (χ0n) is 9.03. The molecule has 0 aliphatic carbocycles. The molecule has 1 N–H and O–H groups in total. The fraction of sp³-hybridized carbons (Fsp3) is 0.600. The van der Waals surface area contributed by atoms with Crippen LogP contribution in [-0.4, -0.2) is 43.0 Å². The molecule has 1 atom stereocenters. The maximum atomic E-state index is 11.4. The van der Waals surface area contributed by atoms with Gasteiger partial charge in [-0.25, -0.2) is 4.79 Å². The van der Waals surface area contributed by atoms with Gasteiger partial charge in [-0.2, -0.15) is 0 Å². The molecule has 1 saturated heterocycles. The third kappa shape index (κ3) is 2.97. The maximum absolute atomic E-state index is 11.4. The average Bonchev–Trinajstić information content (AvgIpc) is 2.25. The fourth-order valence-corrected chi connectivity index (χ4v) is 1.56. The number of esters is 1. The molecule has 1 aliphatic heterocycles. The van der Waals surface area contributed by atoms with E-state index in [1.807, 2.05) is 11.8 Å². The highest BCUT2D eigenvalue weighted by molar-refractivity contribution is 5.84. The number of nitrogens with zero attached hydrogens (tertiary/aromatic N) is 1. The topological polar surface area (TPSA) is 58.6 Å². The van der Waals surface area contributed by atoms with Crippen molar-refractivity contribution in [1.29, 1.82) is 0 Å². The van der Waals surface area contributed by atoms with Crippen molar-refractivity contribution in [3.63, 3.8) is 0 Å². The van der Waals surface area contributed by atoms with Crippen LogP contribution in [0.15, 0.2) is 12.3 Å². The second-order valence-electron chi connectivity index (χ2n) is 3.29. The van der Waals surface area contributed by atoms with Crippen molar-refractivity contribution >= 4 is 11.9 Å². The van der Waals surface area contributed by atoms with Crippen molar-refractivity contribution in [3.8, 4) is 0 Å². The predicted molar refractivity (Wildman–Crippen MR) is 55.0 cm³/mol. The summed E-state index contributed by atoms with van der Waals surface area (Å²) in [6.07, 6.45) is 3.68. The zero-order valence-corrected chi connectivity index (χ0v) is 9.03. The number of nitrogens with one attached hydrogen (secondary N) is 1. The Balaban J connectivity index is 2.62. The summed E-state index contributed by atoms with van der Waals surface area (Å²) in [4.78, 5) is 24.2. The number of amides is 1. The first-order chi connectivity index (χ1) is 7.19. The predicted octanol–water partition coefficient (Wildman–Crippen LogP) is -0.116. The molecular formula is C10H16N2O3. The van der Waals surface area contributed by atoms with Crippen LogP contribution >= 0.6 is 0 Å². The summed E-state index contributed by atoms with van der Waals surface area (Å²) in [5.74, 6) is -0.394. The van der Waals surface area contributed by atoms with Gasteiger partial charge in [0.2, 0.25) is 5.91 Å². The number of rotatable bonds is 3. The van der Waals surface area contributed by atoms with Gasteiger partial charge in [0.15, 0.2) is 0 Å². The monoisotopic (exact) mass is 212 g/mol. The minimum atomic E-state index is -0.407. The summed E-state index contributed by atoms with van der Waals surface area (Å²) in [6, 6.07) is -0.181. The molecule has 0 aromatic rings. The summed E-state index contributed by atoms with van der Waals surface area (Å²) in [5, 5.41) is 2.78. The first-order valence-electron chi connectivity index (χ1n) is 4.98. The van der Waals surface area contributed by atoms with Gasteiger partial charge in [0, 0.05) is 25.4 Å². The van der Waals surface area contributed by atoms with Crippen molar-refractivity contribution in [2.45, 2.75) is 19.4 Å². The van der Waals surface area contributed by atoms with E-state index in [1.54, 1.807) is 6.20 Å². The Hall–Kier alpha value is -1.52. The summed E-state index contributed by atoms with van der Waals surface area (Å²) < 4.78 is 4.48. The van der Waals surface area contributed by atoms with E-state index >= 15 is 0 Å². The van der Waals surface area contributed by atoms with Crippen molar-refractivity contribution < 1.29 is 14.3 Å². The molecule has 1 unspecified atom stereocenters. The van der Waals surface area contributed by atoms with Gasteiger partial charge < -0.3 is 15.0 Å². The number of hydrogen-bond donors (Lipinski definition) is 1. The van der Waals surface area contributed by atoms with Crippen molar-refractivity contribution in [2.75, 3.05) is 20.2 Å². The highest BCUT2D eigenvalue weighted by atomic mass is 16.5. The molecule has 1 aliphatic rings. The first-order valence-corrected chi connectivity index (χ1v) is 4.98. The molecule has 1 heterocycles. The third-order valence-corrected chi connectivity index (χ3v) is 2.36. The molecule has 1 amide bonds. The average molecular weight is 212 g/mol. The van der Waals surface area contributed by atoms with Gasteiger partial charge >= 0.3 is 5.97 Å². The summed E-state index contributed by atoms with van der Waals surface area (Å²) in [7, 11) is 1.33. The number of methoxy groups -OCH3 is 1. The number of carbonyl (C=O) groups is 2. The molecular weight excluding hydrogens is 196 g/mol. The lowest BCUT2D eigenvalue weighted by Gasteiger charge is -2.33. The van der Waals surface area contributed by atoms with Gasteiger partial charge in [-0.3, -0.25) is 4.79 Å². The fourth-order valence-electron chi connectivity index (χ4n) is 1.56. The molecule has 1 rings (SSSR count). The Morgan fingerprint density at radius 3 is 3.07 bits per heavy atom. The molecule has 0 radical (unpaired) electrons. The first kappa shape index (κ1) is 11.6. The number of ether oxygens (including phenoxy) is 1. The Bertz CT molecular complexity index is 276. The van der Waals surface area contributed by atoms with Crippen LogP contribution in [0.5, 0.6) is 0 Å². The third-order valence-electron chi connectivity index (χ3n) is 2.36. The van der Waals surface area contributed by atoms with E-state index in [9.17, 15) is 9.59 Å². The minimum Gasteiger partial charge on any atom is -0.466 e. The summed E-state index contributed by atoms with van der Waals surface area (Å²) in [5.41, 5.74) is 0. The molecule has 84 valence electrons.